The van der Waals surface area contributed by atoms with E-state index in [1.807, 2.05) is 32.1 Å². The average molecular weight is 98.2 g/mol. The Bertz CT molecular complexity index is 68.2. The Balaban J connectivity index is 3.45. The standard InChI is InChI=1S/C6H12N/c1-6(2)5-7(3)4/h5H,1H2,2-4H3/b6-5-. The largest absolute Gasteiger partial charge is 0.384 e. The maximum Gasteiger partial charge on any atom is 0.00556 e. The van der Waals surface area contributed by atoms with Crippen LogP contribution in [0.4, 0.5) is 0 Å². The maximum atomic E-state index is 3.70. The molecule has 0 aliphatic heterocycles. The third-order valence-electron chi connectivity index (χ3n) is 0.479. The predicted molar refractivity (Wildman–Crippen MR) is 32.8 cm³/mol. The third-order valence-corrected chi connectivity index (χ3v) is 0.479. The highest BCUT2D eigenvalue weighted by atomic mass is 15.0. The first-order valence-corrected chi connectivity index (χ1v) is 2.29. The van der Waals surface area contributed by atoms with E-state index in [1.54, 1.807) is 0 Å². The van der Waals surface area contributed by atoms with E-state index >= 15 is 0 Å². The summed E-state index contributed by atoms with van der Waals surface area (Å²) < 4.78 is 0. The Hall–Kier alpha value is -0.460. The SMILES string of the molecule is [CH2]/C(C)=C/N(C)C. The van der Waals surface area contributed by atoms with Crippen LogP contribution < -0.4 is 0 Å². The Morgan fingerprint density at radius 1 is 1.57 bits per heavy atom. The van der Waals surface area contributed by atoms with Crippen molar-refractivity contribution in [3.05, 3.63) is 18.7 Å². The van der Waals surface area contributed by atoms with Gasteiger partial charge in [0, 0.05) is 14.1 Å². The van der Waals surface area contributed by atoms with Crippen LogP contribution in [-0.4, -0.2) is 19.0 Å². The Labute approximate surface area is 45.6 Å². The summed E-state index contributed by atoms with van der Waals surface area (Å²) in [6, 6.07) is 0. The van der Waals surface area contributed by atoms with E-state index in [0.717, 1.165) is 5.57 Å². The summed E-state index contributed by atoms with van der Waals surface area (Å²) >= 11 is 0. The molecule has 0 unspecified atom stereocenters. The van der Waals surface area contributed by atoms with Crippen LogP contribution in [0.25, 0.3) is 0 Å². The van der Waals surface area contributed by atoms with Gasteiger partial charge in [0.05, 0.1) is 0 Å². The summed E-state index contributed by atoms with van der Waals surface area (Å²) in [6.07, 6.45) is 1.97. The van der Waals surface area contributed by atoms with E-state index in [9.17, 15) is 0 Å². The van der Waals surface area contributed by atoms with Crippen molar-refractivity contribution in [3.8, 4) is 0 Å². The minimum atomic E-state index is 1.09. The number of rotatable bonds is 1. The summed E-state index contributed by atoms with van der Waals surface area (Å²) in [6.45, 7) is 5.67. The molecule has 0 rings (SSSR count). The monoisotopic (exact) mass is 98.1 g/mol. The maximum absolute atomic E-state index is 3.70. The molecule has 0 aliphatic rings. The molecule has 0 spiro atoms. The van der Waals surface area contributed by atoms with Crippen LogP contribution in [0.3, 0.4) is 0 Å². The van der Waals surface area contributed by atoms with Gasteiger partial charge in [-0.2, -0.15) is 0 Å². The molecule has 0 bridgehead atoms. The first kappa shape index (κ1) is 6.54. The van der Waals surface area contributed by atoms with Gasteiger partial charge < -0.3 is 4.90 Å². The van der Waals surface area contributed by atoms with Crippen LogP contribution in [0.1, 0.15) is 6.92 Å². The fraction of sp³-hybridized carbons (Fsp3) is 0.500. The van der Waals surface area contributed by atoms with Gasteiger partial charge in [-0.05, 0) is 20.0 Å². The van der Waals surface area contributed by atoms with Crippen molar-refractivity contribution < 1.29 is 0 Å². The third kappa shape index (κ3) is 5.54. The lowest BCUT2D eigenvalue weighted by Crippen LogP contribution is -2.00. The van der Waals surface area contributed by atoms with Crippen molar-refractivity contribution in [2.75, 3.05) is 14.1 Å². The molecule has 1 heteroatoms. The Kier molecular flexibility index (Phi) is 2.49. The lowest BCUT2D eigenvalue weighted by atomic mass is 10.4. The molecule has 0 saturated carbocycles. The molecule has 0 atom stereocenters. The van der Waals surface area contributed by atoms with E-state index in [-0.39, 0.29) is 0 Å². The molecule has 41 valence electrons. The van der Waals surface area contributed by atoms with E-state index in [2.05, 4.69) is 6.92 Å². The van der Waals surface area contributed by atoms with Crippen LogP contribution >= 0.6 is 0 Å². The van der Waals surface area contributed by atoms with Gasteiger partial charge in [0.1, 0.15) is 0 Å². The summed E-state index contributed by atoms with van der Waals surface area (Å²) in [5, 5.41) is 0. The van der Waals surface area contributed by atoms with Crippen LogP contribution in [0.15, 0.2) is 11.8 Å². The predicted octanol–water partition coefficient (Wildman–Crippen LogP) is 1.29. The molecular weight excluding hydrogens is 86.1 g/mol. The lowest BCUT2D eigenvalue weighted by Gasteiger charge is -2.03. The normalized spacial score (nSPS) is 11.7. The number of hydrogen-bond acceptors (Lipinski definition) is 1. The molecule has 1 nitrogen and oxygen atoms in total. The van der Waals surface area contributed by atoms with E-state index in [1.165, 1.54) is 0 Å². The molecule has 0 N–H and O–H groups in total. The number of allylic oxidation sites excluding steroid dienone is 1. The quantitative estimate of drug-likeness (QED) is 0.477. The summed E-state index contributed by atoms with van der Waals surface area (Å²) in [5.74, 6) is 0. The van der Waals surface area contributed by atoms with Crippen LogP contribution in [0.2, 0.25) is 0 Å². The second kappa shape index (κ2) is 2.67. The molecular formula is C6H12N. The topological polar surface area (TPSA) is 3.24 Å². The van der Waals surface area contributed by atoms with E-state index < -0.39 is 0 Å². The van der Waals surface area contributed by atoms with E-state index in [4.69, 9.17) is 0 Å². The molecule has 0 saturated heterocycles. The van der Waals surface area contributed by atoms with Gasteiger partial charge >= 0.3 is 0 Å². The van der Waals surface area contributed by atoms with Crippen LogP contribution in [-0.2, 0) is 0 Å². The van der Waals surface area contributed by atoms with Gasteiger partial charge in [-0.3, -0.25) is 0 Å². The lowest BCUT2D eigenvalue weighted by molar-refractivity contribution is 0.560. The molecule has 0 aromatic rings. The second-order valence-electron chi connectivity index (χ2n) is 1.94. The molecule has 1 radical (unpaired) electrons. The smallest absolute Gasteiger partial charge is 0.00556 e. The van der Waals surface area contributed by atoms with E-state index in [0.29, 0.717) is 0 Å². The average Bonchev–Trinajstić information content (AvgIpc) is 1.27. The Morgan fingerprint density at radius 3 is 2.00 bits per heavy atom. The zero-order valence-electron chi connectivity index (χ0n) is 5.23. The summed E-state index contributed by atoms with van der Waals surface area (Å²) in [7, 11) is 3.96. The van der Waals surface area contributed by atoms with Gasteiger partial charge in [-0.15, -0.1) is 0 Å². The minimum absolute atomic E-state index is 1.09. The van der Waals surface area contributed by atoms with Gasteiger partial charge in [0.2, 0.25) is 0 Å². The van der Waals surface area contributed by atoms with Gasteiger partial charge in [-0.25, -0.2) is 0 Å². The van der Waals surface area contributed by atoms with Crippen molar-refractivity contribution in [2.45, 2.75) is 6.92 Å². The van der Waals surface area contributed by atoms with Crippen molar-refractivity contribution in [2.24, 2.45) is 0 Å². The second-order valence-corrected chi connectivity index (χ2v) is 1.94. The Morgan fingerprint density at radius 2 is 2.00 bits per heavy atom. The molecule has 0 fully saturated rings. The molecule has 7 heavy (non-hydrogen) atoms. The van der Waals surface area contributed by atoms with Crippen LogP contribution in [0, 0.1) is 6.92 Å². The van der Waals surface area contributed by atoms with Crippen LogP contribution in [0.5, 0.6) is 0 Å². The molecule has 0 aromatic carbocycles. The molecule has 0 aromatic heterocycles. The molecule has 0 amide bonds. The van der Waals surface area contributed by atoms with Crippen molar-refractivity contribution in [1.29, 1.82) is 0 Å². The number of hydrogen-bond donors (Lipinski definition) is 0. The fourth-order valence-corrected chi connectivity index (χ4v) is 0.441. The summed E-state index contributed by atoms with van der Waals surface area (Å²) in [5.41, 5.74) is 1.09. The molecule has 0 aliphatic carbocycles. The fourth-order valence-electron chi connectivity index (χ4n) is 0.441. The molecule has 0 heterocycles. The highest BCUT2D eigenvalue weighted by molar-refractivity contribution is 4.98. The first-order chi connectivity index (χ1) is 3.13. The number of nitrogens with zero attached hydrogens (tertiary/aromatic N) is 1. The zero-order valence-corrected chi connectivity index (χ0v) is 5.23. The van der Waals surface area contributed by atoms with Crippen molar-refractivity contribution in [1.82, 2.24) is 4.90 Å². The van der Waals surface area contributed by atoms with Crippen molar-refractivity contribution >= 4 is 0 Å². The van der Waals surface area contributed by atoms with Crippen molar-refractivity contribution in [3.63, 3.8) is 0 Å². The zero-order chi connectivity index (χ0) is 5.86. The van der Waals surface area contributed by atoms with Gasteiger partial charge in [0.25, 0.3) is 0 Å². The van der Waals surface area contributed by atoms with Gasteiger partial charge in [0.15, 0.2) is 0 Å². The highest BCUT2D eigenvalue weighted by Crippen LogP contribution is 1.87. The highest BCUT2D eigenvalue weighted by Gasteiger charge is 1.75. The van der Waals surface area contributed by atoms with Gasteiger partial charge in [-0.1, -0.05) is 5.57 Å². The minimum Gasteiger partial charge on any atom is -0.384 e. The summed E-state index contributed by atoms with van der Waals surface area (Å²) in [4.78, 5) is 1.97. The first-order valence-electron chi connectivity index (χ1n) is 2.29.